The van der Waals surface area contributed by atoms with E-state index in [1.54, 1.807) is 21.3 Å². The summed E-state index contributed by atoms with van der Waals surface area (Å²) >= 11 is 0. The van der Waals surface area contributed by atoms with Gasteiger partial charge in [0, 0.05) is 33.9 Å². The molecular weight excluding hydrogens is 237 g/mol. The van der Waals surface area contributed by atoms with E-state index in [1.165, 1.54) is 0 Å². The molecule has 2 unspecified atom stereocenters. The predicted molar refractivity (Wildman–Crippen MR) is 66.7 cm³/mol. The molecule has 1 fully saturated rings. The summed E-state index contributed by atoms with van der Waals surface area (Å²) in [6.07, 6.45) is -1.11. The lowest BCUT2D eigenvalue weighted by molar-refractivity contribution is -0.0947. The van der Waals surface area contributed by atoms with E-state index < -0.39 is 6.00 Å². The molecule has 1 saturated heterocycles. The Morgan fingerprint density at radius 3 is 2.44 bits per heavy atom. The first-order valence-corrected chi connectivity index (χ1v) is 5.95. The Bertz CT molecular complexity index is 233. The lowest BCUT2D eigenvalue weighted by Gasteiger charge is -2.26. The molecule has 1 aliphatic heterocycles. The number of methoxy groups -OCH3 is 3. The standard InChI is InChI=1S/C11H22BNO5/c1-14-5-7(4-13)17-10-9(16-3)8(6-15-2)18-11(10)12/h7-11H,4-6,13H2,1-3H3/t7?,8-,9?,10+,11-/m1/s1. The predicted octanol–water partition coefficient (Wildman–Crippen LogP) is -1.10. The van der Waals surface area contributed by atoms with Crippen molar-refractivity contribution in [1.82, 2.24) is 0 Å². The fourth-order valence-electron chi connectivity index (χ4n) is 2.07. The number of ether oxygens (including phenoxy) is 5. The second-order valence-corrected chi connectivity index (χ2v) is 4.21. The van der Waals surface area contributed by atoms with Crippen molar-refractivity contribution in [1.29, 1.82) is 0 Å². The van der Waals surface area contributed by atoms with Gasteiger partial charge in [0.05, 0.1) is 19.3 Å². The van der Waals surface area contributed by atoms with Crippen LogP contribution in [0.2, 0.25) is 0 Å². The van der Waals surface area contributed by atoms with Gasteiger partial charge in [0.1, 0.15) is 26.2 Å². The second kappa shape index (κ2) is 8.09. The van der Waals surface area contributed by atoms with Crippen molar-refractivity contribution in [3.05, 3.63) is 0 Å². The van der Waals surface area contributed by atoms with Gasteiger partial charge in [0.15, 0.2) is 0 Å². The van der Waals surface area contributed by atoms with Crippen molar-refractivity contribution in [2.75, 3.05) is 41.1 Å². The van der Waals surface area contributed by atoms with Crippen LogP contribution >= 0.6 is 0 Å². The van der Waals surface area contributed by atoms with E-state index in [0.717, 1.165) is 0 Å². The van der Waals surface area contributed by atoms with Gasteiger partial charge in [-0.3, -0.25) is 0 Å². The van der Waals surface area contributed by atoms with Gasteiger partial charge in [-0.05, 0) is 0 Å². The Labute approximate surface area is 109 Å². The van der Waals surface area contributed by atoms with E-state index in [-0.39, 0.29) is 24.4 Å². The zero-order chi connectivity index (χ0) is 13.5. The first-order chi connectivity index (χ1) is 8.67. The smallest absolute Gasteiger partial charge is 0.113 e. The molecule has 104 valence electrons. The molecule has 0 saturated carbocycles. The van der Waals surface area contributed by atoms with Crippen LogP contribution in [-0.2, 0) is 23.7 Å². The first kappa shape index (κ1) is 15.9. The Morgan fingerprint density at radius 2 is 1.94 bits per heavy atom. The third-order valence-corrected chi connectivity index (χ3v) is 2.91. The molecule has 1 rings (SSSR count). The molecular formula is C11H22BNO5. The molecule has 0 aromatic carbocycles. The minimum atomic E-state index is -0.555. The fourth-order valence-corrected chi connectivity index (χ4v) is 2.07. The SMILES string of the molecule is [B][C@@H]1O[C@H](COC)C(OC)[C@@H]1OC(CN)COC. The van der Waals surface area contributed by atoms with Crippen LogP contribution in [0.3, 0.4) is 0 Å². The van der Waals surface area contributed by atoms with Gasteiger partial charge in [-0.15, -0.1) is 0 Å². The molecule has 0 spiro atoms. The summed E-state index contributed by atoms with van der Waals surface area (Å²) in [5.41, 5.74) is 5.61. The maximum atomic E-state index is 5.90. The van der Waals surface area contributed by atoms with Crippen LogP contribution in [-0.4, -0.2) is 79.4 Å². The number of hydrogen-bond donors (Lipinski definition) is 1. The number of hydrogen-bond acceptors (Lipinski definition) is 6. The summed E-state index contributed by atoms with van der Waals surface area (Å²) in [6, 6.07) is -0.555. The zero-order valence-electron chi connectivity index (χ0n) is 11.2. The molecule has 0 aliphatic carbocycles. The molecule has 2 radical (unpaired) electrons. The Kier molecular flexibility index (Phi) is 7.14. The minimum absolute atomic E-state index is 0.228. The average Bonchev–Trinajstić information content (AvgIpc) is 2.65. The highest BCUT2D eigenvalue weighted by atomic mass is 16.6. The minimum Gasteiger partial charge on any atom is -0.382 e. The van der Waals surface area contributed by atoms with Crippen LogP contribution in [0.25, 0.3) is 0 Å². The van der Waals surface area contributed by atoms with Crippen LogP contribution < -0.4 is 5.73 Å². The molecule has 5 atom stereocenters. The second-order valence-electron chi connectivity index (χ2n) is 4.21. The summed E-state index contributed by atoms with van der Waals surface area (Å²) in [7, 11) is 10.7. The Balaban J connectivity index is 2.61. The molecule has 0 bridgehead atoms. The monoisotopic (exact) mass is 259 g/mol. The van der Waals surface area contributed by atoms with Gasteiger partial charge in [0.25, 0.3) is 0 Å². The molecule has 18 heavy (non-hydrogen) atoms. The normalized spacial score (nSPS) is 33.8. The molecule has 1 heterocycles. The average molecular weight is 259 g/mol. The molecule has 0 aromatic rings. The highest BCUT2D eigenvalue weighted by Gasteiger charge is 2.43. The summed E-state index contributed by atoms with van der Waals surface area (Å²) in [6.45, 7) is 1.16. The van der Waals surface area contributed by atoms with E-state index >= 15 is 0 Å². The van der Waals surface area contributed by atoms with Crippen molar-refractivity contribution in [3.8, 4) is 0 Å². The Morgan fingerprint density at radius 1 is 1.22 bits per heavy atom. The highest BCUT2D eigenvalue weighted by Crippen LogP contribution is 2.25. The van der Waals surface area contributed by atoms with Crippen LogP contribution in [0.1, 0.15) is 0 Å². The largest absolute Gasteiger partial charge is 0.382 e. The van der Waals surface area contributed by atoms with Crippen LogP contribution in [0.4, 0.5) is 0 Å². The van der Waals surface area contributed by atoms with Crippen LogP contribution in [0, 0.1) is 0 Å². The van der Waals surface area contributed by atoms with Crippen molar-refractivity contribution < 1.29 is 23.7 Å². The van der Waals surface area contributed by atoms with Crippen LogP contribution in [0.5, 0.6) is 0 Å². The van der Waals surface area contributed by atoms with E-state index in [0.29, 0.717) is 19.8 Å². The summed E-state index contributed by atoms with van der Waals surface area (Å²) in [5.74, 6) is 0. The van der Waals surface area contributed by atoms with Crippen molar-refractivity contribution in [2.45, 2.75) is 30.4 Å². The van der Waals surface area contributed by atoms with E-state index in [2.05, 4.69) is 0 Å². The summed E-state index contributed by atoms with van der Waals surface area (Å²) < 4.78 is 26.9. The molecule has 0 amide bonds. The summed E-state index contributed by atoms with van der Waals surface area (Å²) in [4.78, 5) is 0. The zero-order valence-corrected chi connectivity index (χ0v) is 11.2. The number of rotatable bonds is 8. The van der Waals surface area contributed by atoms with Crippen molar-refractivity contribution in [2.24, 2.45) is 5.73 Å². The number of nitrogens with two attached hydrogens (primary N) is 1. The van der Waals surface area contributed by atoms with Gasteiger partial charge in [-0.25, -0.2) is 0 Å². The lowest BCUT2D eigenvalue weighted by atomic mass is 9.92. The fraction of sp³-hybridized carbons (Fsp3) is 1.00. The molecule has 7 heteroatoms. The van der Waals surface area contributed by atoms with Gasteiger partial charge >= 0.3 is 0 Å². The maximum absolute atomic E-state index is 5.90. The van der Waals surface area contributed by atoms with Crippen molar-refractivity contribution >= 4 is 7.85 Å². The van der Waals surface area contributed by atoms with E-state index in [4.69, 9.17) is 37.3 Å². The highest BCUT2D eigenvalue weighted by molar-refractivity contribution is 6.11. The van der Waals surface area contributed by atoms with Crippen LogP contribution in [0.15, 0.2) is 0 Å². The van der Waals surface area contributed by atoms with E-state index in [1.807, 2.05) is 0 Å². The topological polar surface area (TPSA) is 72.2 Å². The molecule has 0 aromatic heterocycles. The molecule has 1 aliphatic rings. The Hall–Kier alpha value is -0.175. The van der Waals surface area contributed by atoms with E-state index in [9.17, 15) is 0 Å². The quantitative estimate of drug-likeness (QED) is 0.558. The van der Waals surface area contributed by atoms with Gasteiger partial charge in [-0.2, -0.15) is 0 Å². The molecule has 2 N–H and O–H groups in total. The third kappa shape index (κ3) is 3.91. The summed E-state index contributed by atoms with van der Waals surface area (Å²) in [5, 5.41) is 0. The van der Waals surface area contributed by atoms with Gasteiger partial charge in [0.2, 0.25) is 0 Å². The van der Waals surface area contributed by atoms with Gasteiger partial charge < -0.3 is 29.4 Å². The maximum Gasteiger partial charge on any atom is 0.113 e. The van der Waals surface area contributed by atoms with Gasteiger partial charge in [-0.1, -0.05) is 0 Å². The first-order valence-electron chi connectivity index (χ1n) is 5.95. The molecule has 6 nitrogen and oxygen atoms in total. The third-order valence-electron chi connectivity index (χ3n) is 2.91. The lowest BCUT2D eigenvalue weighted by Crippen LogP contribution is -2.43. The van der Waals surface area contributed by atoms with Crippen molar-refractivity contribution in [3.63, 3.8) is 0 Å².